The smallest absolute Gasteiger partial charge is 0.228 e. The number of nitrogens with zero attached hydrogens (tertiary/aromatic N) is 3. The molecule has 0 saturated heterocycles. The van der Waals surface area contributed by atoms with E-state index in [-0.39, 0.29) is 18.1 Å². The number of hydrogen-bond donors (Lipinski definition) is 4. The van der Waals surface area contributed by atoms with Crippen molar-refractivity contribution >= 4 is 33.5 Å². The van der Waals surface area contributed by atoms with Gasteiger partial charge in [-0.2, -0.15) is 5.10 Å². The summed E-state index contributed by atoms with van der Waals surface area (Å²) in [5, 5.41) is 21.3. The number of rotatable bonds is 6. The molecule has 0 bridgehead atoms. The fourth-order valence-corrected chi connectivity index (χ4v) is 5.15. The molecule has 4 aromatic heterocycles. The number of amides is 1. The number of aromatic nitrogens is 5. The molecule has 0 atom stereocenters. The van der Waals surface area contributed by atoms with E-state index in [1.807, 2.05) is 72.8 Å². The van der Waals surface area contributed by atoms with Gasteiger partial charge < -0.3 is 15.4 Å². The summed E-state index contributed by atoms with van der Waals surface area (Å²) in [7, 11) is 0. The van der Waals surface area contributed by atoms with Gasteiger partial charge in [-0.1, -0.05) is 42.5 Å². The fourth-order valence-electron chi connectivity index (χ4n) is 5.15. The van der Waals surface area contributed by atoms with Crippen molar-refractivity contribution in [1.29, 1.82) is 0 Å². The van der Waals surface area contributed by atoms with Crippen molar-refractivity contribution in [2.75, 3.05) is 5.32 Å². The average molecular weight is 555 g/mol. The maximum absolute atomic E-state index is 14.1. The van der Waals surface area contributed by atoms with E-state index in [4.69, 9.17) is 4.98 Å². The van der Waals surface area contributed by atoms with E-state index in [0.717, 1.165) is 44.9 Å². The number of anilines is 1. The number of carbonyl (C=O) groups excluding carboxylic acids is 1. The SMILES string of the molecule is O=C(Cc1ccccc1)Nc1cncc(-c2ccc3[nH]nc(-c4cc5c(-c6cc(O)cc(F)c6)cccc5[nH]4)c3n2)c1. The van der Waals surface area contributed by atoms with E-state index in [9.17, 15) is 14.3 Å². The van der Waals surface area contributed by atoms with E-state index >= 15 is 0 Å². The van der Waals surface area contributed by atoms with E-state index < -0.39 is 5.82 Å². The molecule has 0 aliphatic carbocycles. The molecule has 0 aliphatic rings. The highest BCUT2D eigenvalue weighted by Crippen LogP contribution is 2.35. The number of phenolic OH excluding ortho intramolecular Hbond substituents is 1. The summed E-state index contributed by atoms with van der Waals surface area (Å²) >= 11 is 0. The van der Waals surface area contributed by atoms with Gasteiger partial charge in [0.15, 0.2) is 0 Å². The van der Waals surface area contributed by atoms with Gasteiger partial charge in [-0.25, -0.2) is 9.37 Å². The molecular formula is C33H23FN6O2. The number of nitrogens with one attached hydrogen (secondary N) is 3. The van der Waals surface area contributed by atoms with Crippen LogP contribution in [0, 0.1) is 5.82 Å². The van der Waals surface area contributed by atoms with Gasteiger partial charge in [0, 0.05) is 28.7 Å². The zero-order valence-electron chi connectivity index (χ0n) is 22.1. The first-order chi connectivity index (χ1) is 20.5. The molecule has 0 spiro atoms. The minimum absolute atomic E-state index is 0.132. The van der Waals surface area contributed by atoms with Crippen LogP contribution in [-0.2, 0) is 11.2 Å². The van der Waals surface area contributed by atoms with Gasteiger partial charge in [-0.3, -0.25) is 14.9 Å². The summed E-state index contributed by atoms with van der Waals surface area (Å²) in [5.74, 6) is -0.781. The maximum Gasteiger partial charge on any atom is 0.228 e. The highest BCUT2D eigenvalue weighted by atomic mass is 19.1. The van der Waals surface area contributed by atoms with Gasteiger partial charge in [-0.05, 0) is 59.2 Å². The Labute approximate surface area is 238 Å². The Morgan fingerprint density at radius 3 is 2.62 bits per heavy atom. The maximum atomic E-state index is 14.1. The molecule has 8 nitrogen and oxygen atoms in total. The van der Waals surface area contributed by atoms with Crippen molar-refractivity contribution in [1.82, 2.24) is 25.1 Å². The van der Waals surface area contributed by atoms with Crippen molar-refractivity contribution in [3.63, 3.8) is 0 Å². The highest BCUT2D eigenvalue weighted by Gasteiger charge is 2.16. The normalized spacial score (nSPS) is 11.3. The van der Waals surface area contributed by atoms with E-state index in [2.05, 4.69) is 25.5 Å². The summed E-state index contributed by atoms with van der Waals surface area (Å²) in [4.78, 5) is 25.2. The Kier molecular flexibility index (Phi) is 6.16. The number of phenols is 1. The zero-order valence-corrected chi connectivity index (χ0v) is 22.1. The molecular weight excluding hydrogens is 531 g/mol. The molecule has 0 unspecified atom stereocenters. The molecule has 4 heterocycles. The standard InChI is InChI=1S/C33H23FN6O2/c34-22-12-20(14-24(41)15-22)25-7-4-8-28-26(25)16-30(37-28)33-32-29(39-40-33)10-9-27(38-32)21-13-23(18-35-17-21)36-31(42)11-19-5-2-1-3-6-19/h1-10,12-18,37,41H,11H2,(H,36,42)(H,39,40). The molecule has 0 saturated carbocycles. The van der Waals surface area contributed by atoms with Crippen LogP contribution >= 0.6 is 0 Å². The number of halogens is 1. The van der Waals surface area contributed by atoms with Gasteiger partial charge in [0.05, 0.1) is 35.2 Å². The third-order valence-electron chi connectivity index (χ3n) is 7.05. The second kappa shape index (κ2) is 10.3. The molecule has 0 aliphatic heterocycles. The van der Waals surface area contributed by atoms with Crippen LogP contribution in [0.1, 0.15) is 5.56 Å². The van der Waals surface area contributed by atoms with Gasteiger partial charge in [0.25, 0.3) is 0 Å². The summed E-state index contributed by atoms with van der Waals surface area (Å²) in [6.07, 6.45) is 3.57. The van der Waals surface area contributed by atoms with E-state index in [1.54, 1.807) is 12.4 Å². The minimum Gasteiger partial charge on any atom is -0.508 e. The second-order valence-corrected chi connectivity index (χ2v) is 9.99. The van der Waals surface area contributed by atoms with Gasteiger partial charge >= 0.3 is 0 Å². The molecule has 204 valence electrons. The van der Waals surface area contributed by atoms with Crippen molar-refractivity contribution in [3.8, 4) is 39.5 Å². The lowest BCUT2D eigenvalue weighted by Crippen LogP contribution is -2.14. The predicted octanol–water partition coefficient (Wildman–Crippen LogP) is 6.86. The first-order valence-corrected chi connectivity index (χ1v) is 13.3. The number of H-pyrrole nitrogens is 2. The third kappa shape index (κ3) is 4.84. The Hall–Kier alpha value is -5.83. The van der Waals surface area contributed by atoms with Crippen LogP contribution in [0.4, 0.5) is 10.1 Å². The lowest BCUT2D eigenvalue weighted by atomic mass is 10.0. The van der Waals surface area contributed by atoms with Crippen LogP contribution in [0.5, 0.6) is 5.75 Å². The predicted molar refractivity (Wildman–Crippen MR) is 160 cm³/mol. The molecule has 9 heteroatoms. The monoisotopic (exact) mass is 554 g/mol. The summed E-state index contributed by atoms with van der Waals surface area (Å²) in [5.41, 5.74) is 7.86. The number of aromatic hydroxyl groups is 1. The highest BCUT2D eigenvalue weighted by molar-refractivity contribution is 6.00. The molecule has 1 amide bonds. The van der Waals surface area contributed by atoms with Gasteiger partial charge in [0.1, 0.15) is 22.8 Å². The number of hydrogen-bond acceptors (Lipinski definition) is 5. The van der Waals surface area contributed by atoms with Gasteiger partial charge in [-0.15, -0.1) is 0 Å². The number of aromatic amines is 2. The molecule has 3 aromatic carbocycles. The summed E-state index contributed by atoms with van der Waals surface area (Å²) in [6, 6.07) is 26.8. The average Bonchev–Trinajstić information content (AvgIpc) is 3.61. The largest absolute Gasteiger partial charge is 0.508 e. The van der Waals surface area contributed by atoms with Crippen LogP contribution in [0.25, 0.3) is 55.7 Å². The topological polar surface area (TPSA) is 120 Å². The Morgan fingerprint density at radius 1 is 0.881 bits per heavy atom. The van der Waals surface area contributed by atoms with Crippen LogP contribution in [0.3, 0.4) is 0 Å². The third-order valence-corrected chi connectivity index (χ3v) is 7.05. The number of benzene rings is 3. The minimum atomic E-state index is -0.512. The summed E-state index contributed by atoms with van der Waals surface area (Å²) in [6.45, 7) is 0. The van der Waals surface area contributed by atoms with E-state index in [1.165, 1.54) is 12.1 Å². The van der Waals surface area contributed by atoms with Crippen LogP contribution in [0.15, 0.2) is 103 Å². The Morgan fingerprint density at radius 2 is 1.76 bits per heavy atom. The van der Waals surface area contributed by atoms with Crippen molar-refractivity contribution in [3.05, 3.63) is 115 Å². The lowest BCUT2D eigenvalue weighted by Gasteiger charge is -2.07. The second-order valence-electron chi connectivity index (χ2n) is 9.99. The van der Waals surface area contributed by atoms with Crippen molar-refractivity contribution < 1.29 is 14.3 Å². The number of carbonyl (C=O) groups is 1. The van der Waals surface area contributed by atoms with Crippen LogP contribution in [-0.4, -0.2) is 36.2 Å². The summed E-state index contributed by atoms with van der Waals surface area (Å²) < 4.78 is 14.1. The van der Waals surface area contributed by atoms with Crippen LogP contribution < -0.4 is 5.32 Å². The van der Waals surface area contributed by atoms with Crippen LogP contribution in [0.2, 0.25) is 0 Å². The Balaban J connectivity index is 1.22. The quantitative estimate of drug-likeness (QED) is 0.179. The number of pyridine rings is 2. The molecule has 4 N–H and O–H groups in total. The molecule has 7 rings (SSSR count). The molecule has 7 aromatic rings. The van der Waals surface area contributed by atoms with E-state index in [0.29, 0.717) is 28.2 Å². The molecule has 0 radical (unpaired) electrons. The molecule has 42 heavy (non-hydrogen) atoms. The Bertz CT molecular complexity index is 2080. The van der Waals surface area contributed by atoms with Crippen molar-refractivity contribution in [2.24, 2.45) is 0 Å². The first kappa shape index (κ1) is 25.2. The first-order valence-electron chi connectivity index (χ1n) is 13.3. The van der Waals surface area contributed by atoms with Gasteiger partial charge in [0.2, 0.25) is 5.91 Å². The number of fused-ring (bicyclic) bond motifs is 2. The zero-order chi connectivity index (χ0) is 28.6. The molecule has 0 fully saturated rings. The van der Waals surface area contributed by atoms with Crippen molar-refractivity contribution in [2.45, 2.75) is 6.42 Å². The lowest BCUT2D eigenvalue weighted by molar-refractivity contribution is -0.115. The fraction of sp³-hybridized carbons (Fsp3) is 0.0303.